The van der Waals surface area contributed by atoms with Crippen LogP contribution in [0.2, 0.25) is 0 Å². The van der Waals surface area contributed by atoms with Crippen LogP contribution in [0.1, 0.15) is 22.9 Å². The zero-order chi connectivity index (χ0) is 16.6. The largest absolute Gasteiger partial charge is 0.369 e. The van der Waals surface area contributed by atoms with Crippen LogP contribution in [0.15, 0.2) is 52.4 Å². The van der Waals surface area contributed by atoms with Gasteiger partial charge < -0.3 is 11.5 Å². The summed E-state index contributed by atoms with van der Waals surface area (Å²) in [5.74, 6) is -0.134. The van der Waals surface area contributed by atoms with Crippen molar-refractivity contribution in [1.82, 2.24) is 0 Å². The van der Waals surface area contributed by atoms with E-state index in [-0.39, 0.29) is 17.7 Å². The van der Waals surface area contributed by atoms with Crippen LogP contribution in [0.4, 0.5) is 10.1 Å². The molecular formula is C17H18FN5. The lowest BCUT2D eigenvalue weighted by Gasteiger charge is -2.33. The van der Waals surface area contributed by atoms with Gasteiger partial charge in [-0.1, -0.05) is 24.3 Å². The quantitative estimate of drug-likeness (QED) is 0.894. The zero-order valence-corrected chi connectivity index (χ0v) is 13.0. The Bertz CT molecular complexity index is 792. The maximum absolute atomic E-state index is 14.3. The van der Waals surface area contributed by atoms with Crippen LogP contribution >= 0.6 is 0 Å². The van der Waals surface area contributed by atoms with Crippen LogP contribution in [0, 0.1) is 19.7 Å². The fourth-order valence-electron chi connectivity index (χ4n) is 2.76. The summed E-state index contributed by atoms with van der Waals surface area (Å²) in [6.07, 6.45) is -0.685. The lowest BCUT2D eigenvalue weighted by atomic mass is 10.1. The standard InChI is InChI=1S/C17H18FN5/c1-10-7-11(2)9-12(8-10)23-15(21-16(19)22-17(23)20)13-5-3-4-6-14(13)18/h3-9,15H,1-2H3,(H4,19,20,21,22)/t15-/m0/s1. The minimum atomic E-state index is -0.685. The van der Waals surface area contributed by atoms with Gasteiger partial charge in [0.25, 0.3) is 0 Å². The summed E-state index contributed by atoms with van der Waals surface area (Å²) in [6.45, 7) is 3.98. The number of aryl methyl sites for hydroxylation is 2. The molecule has 2 aromatic carbocycles. The molecule has 0 amide bonds. The molecule has 6 heteroatoms. The molecule has 0 fully saturated rings. The topological polar surface area (TPSA) is 80.0 Å². The first kappa shape index (κ1) is 15.0. The molecule has 3 rings (SSSR count). The molecule has 0 aromatic heterocycles. The zero-order valence-electron chi connectivity index (χ0n) is 13.0. The highest BCUT2D eigenvalue weighted by Crippen LogP contribution is 2.32. The van der Waals surface area contributed by atoms with E-state index in [0.717, 1.165) is 16.8 Å². The maximum Gasteiger partial charge on any atom is 0.221 e. The van der Waals surface area contributed by atoms with Gasteiger partial charge in [0.2, 0.25) is 11.9 Å². The van der Waals surface area contributed by atoms with Crippen molar-refractivity contribution in [1.29, 1.82) is 0 Å². The van der Waals surface area contributed by atoms with E-state index in [1.54, 1.807) is 23.1 Å². The van der Waals surface area contributed by atoms with Crippen LogP contribution < -0.4 is 16.4 Å². The molecule has 23 heavy (non-hydrogen) atoms. The number of hydrogen-bond donors (Lipinski definition) is 2. The number of guanidine groups is 2. The van der Waals surface area contributed by atoms with Crippen molar-refractivity contribution in [3.8, 4) is 0 Å². The van der Waals surface area contributed by atoms with Gasteiger partial charge in [0.1, 0.15) is 5.82 Å². The van der Waals surface area contributed by atoms with E-state index in [1.165, 1.54) is 6.07 Å². The van der Waals surface area contributed by atoms with E-state index < -0.39 is 6.17 Å². The summed E-state index contributed by atoms with van der Waals surface area (Å²) in [6, 6.07) is 12.4. The Kier molecular flexibility index (Phi) is 3.73. The Morgan fingerprint density at radius 2 is 1.70 bits per heavy atom. The van der Waals surface area contributed by atoms with E-state index in [9.17, 15) is 4.39 Å². The molecule has 1 aliphatic rings. The Balaban J connectivity index is 2.15. The van der Waals surface area contributed by atoms with Crippen molar-refractivity contribution in [2.45, 2.75) is 20.0 Å². The van der Waals surface area contributed by atoms with Crippen LogP contribution in [-0.4, -0.2) is 11.9 Å². The molecule has 0 saturated carbocycles. The van der Waals surface area contributed by atoms with Gasteiger partial charge in [-0.2, -0.15) is 4.99 Å². The maximum atomic E-state index is 14.3. The minimum Gasteiger partial charge on any atom is -0.369 e. The number of anilines is 1. The average Bonchev–Trinajstić information content (AvgIpc) is 2.45. The van der Waals surface area contributed by atoms with Crippen molar-refractivity contribution in [2.75, 3.05) is 4.90 Å². The summed E-state index contributed by atoms with van der Waals surface area (Å²) >= 11 is 0. The lowest BCUT2D eigenvalue weighted by molar-refractivity contribution is 0.584. The molecular weight excluding hydrogens is 293 g/mol. The highest BCUT2D eigenvalue weighted by Gasteiger charge is 2.29. The van der Waals surface area contributed by atoms with Gasteiger partial charge in [0.05, 0.1) is 0 Å². The van der Waals surface area contributed by atoms with E-state index in [4.69, 9.17) is 11.5 Å². The van der Waals surface area contributed by atoms with Gasteiger partial charge in [0.15, 0.2) is 6.17 Å². The van der Waals surface area contributed by atoms with Gasteiger partial charge in [-0.05, 0) is 43.2 Å². The highest BCUT2D eigenvalue weighted by atomic mass is 19.1. The third-order valence-electron chi connectivity index (χ3n) is 3.64. The summed E-state index contributed by atoms with van der Waals surface area (Å²) < 4.78 is 14.3. The third kappa shape index (κ3) is 2.88. The lowest BCUT2D eigenvalue weighted by Crippen LogP contribution is -2.44. The van der Waals surface area contributed by atoms with E-state index in [2.05, 4.69) is 16.1 Å². The van der Waals surface area contributed by atoms with Crippen molar-refractivity contribution in [2.24, 2.45) is 21.5 Å². The Morgan fingerprint density at radius 3 is 2.35 bits per heavy atom. The number of hydrogen-bond acceptors (Lipinski definition) is 5. The molecule has 0 radical (unpaired) electrons. The molecule has 1 atom stereocenters. The first-order valence-corrected chi connectivity index (χ1v) is 7.25. The molecule has 1 heterocycles. The molecule has 118 valence electrons. The second-order valence-corrected chi connectivity index (χ2v) is 5.57. The number of aliphatic imine (C=N–C) groups is 2. The number of nitrogens with two attached hydrogens (primary N) is 2. The summed E-state index contributed by atoms with van der Waals surface area (Å²) in [5, 5.41) is 0. The summed E-state index contributed by atoms with van der Waals surface area (Å²) in [7, 11) is 0. The van der Waals surface area contributed by atoms with Gasteiger partial charge in [0, 0.05) is 11.3 Å². The smallest absolute Gasteiger partial charge is 0.221 e. The predicted octanol–water partition coefficient (Wildman–Crippen LogP) is 2.59. The average molecular weight is 311 g/mol. The van der Waals surface area contributed by atoms with Gasteiger partial charge in [-0.15, -0.1) is 0 Å². The molecule has 5 nitrogen and oxygen atoms in total. The summed E-state index contributed by atoms with van der Waals surface area (Å²) in [4.78, 5) is 10.0. The van der Waals surface area contributed by atoms with Gasteiger partial charge >= 0.3 is 0 Å². The number of benzene rings is 2. The third-order valence-corrected chi connectivity index (χ3v) is 3.64. The molecule has 1 aliphatic heterocycles. The number of rotatable bonds is 2. The van der Waals surface area contributed by atoms with Crippen molar-refractivity contribution in [3.05, 3.63) is 65.0 Å². The van der Waals surface area contributed by atoms with Crippen molar-refractivity contribution in [3.63, 3.8) is 0 Å². The second-order valence-electron chi connectivity index (χ2n) is 5.57. The highest BCUT2D eigenvalue weighted by molar-refractivity contribution is 6.04. The van der Waals surface area contributed by atoms with Crippen molar-refractivity contribution < 1.29 is 4.39 Å². The number of halogens is 1. The van der Waals surface area contributed by atoms with E-state index in [1.807, 2.05) is 26.0 Å². The van der Waals surface area contributed by atoms with Crippen LogP contribution in [0.5, 0.6) is 0 Å². The minimum absolute atomic E-state index is 0.0383. The second kappa shape index (κ2) is 5.72. The monoisotopic (exact) mass is 311 g/mol. The first-order valence-electron chi connectivity index (χ1n) is 7.25. The number of nitrogens with zero attached hydrogens (tertiary/aromatic N) is 3. The Morgan fingerprint density at radius 1 is 1.04 bits per heavy atom. The molecule has 4 N–H and O–H groups in total. The molecule has 2 aromatic rings. The normalized spacial score (nSPS) is 17.7. The molecule has 0 aliphatic carbocycles. The Labute approximate surface area is 134 Å². The predicted molar refractivity (Wildman–Crippen MR) is 90.8 cm³/mol. The van der Waals surface area contributed by atoms with E-state index in [0.29, 0.717) is 5.56 Å². The fourth-order valence-corrected chi connectivity index (χ4v) is 2.76. The van der Waals surface area contributed by atoms with Crippen LogP contribution in [0.3, 0.4) is 0 Å². The van der Waals surface area contributed by atoms with Crippen LogP contribution in [-0.2, 0) is 0 Å². The van der Waals surface area contributed by atoms with Crippen molar-refractivity contribution >= 4 is 17.6 Å². The fraction of sp³-hybridized carbons (Fsp3) is 0.176. The first-order chi connectivity index (χ1) is 11.0. The summed E-state index contributed by atoms with van der Waals surface area (Å²) in [5.41, 5.74) is 15.1. The SMILES string of the molecule is Cc1cc(C)cc(N2C(N)=NC(N)=N[C@@H]2c2ccccc2F)c1. The molecule has 0 spiro atoms. The Hall–Kier alpha value is -2.89. The molecule has 0 unspecified atom stereocenters. The van der Waals surface area contributed by atoms with Gasteiger partial charge in [-0.3, -0.25) is 4.90 Å². The molecule has 0 bridgehead atoms. The van der Waals surface area contributed by atoms with E-state index >= 15 is 0 Å². The van der Waals surface area contributed by atoms with Gasteiger partial charge in [-0.25, -0.2) is 9.38 Å². The van der Waals surface area contributed by atoms with Crippen LogP contribution in [0.25, 0.3) is 0 Å². The molecule has 0 saturated heterocycles.